The molecule has 25 heavy (non-hydrogen) atoms. The van der Waals surface area contributed by atoms with Gasteiger partial charge in [0.2, 0.25) is 0 Å². The summed E-state index contributed by atoms with van der Waals surface area (Å²) < 4.78 is 5.18. The summed E-state index contributed by atoms with van der Waals surface area (Å²) in [5.41, 5.74) is 3.76. The van der Waals surface area contributed by atoms with Crippen LogP contribution in [0.5, 0.6) is 5.75 Å². The second-order valence-electron chi connectivity index (χ2n) is 5.05. The maximum Gasteiger partial charge on any atom is 0.310 e. The summed E-state index contributed by atoms with van der Waals surface area (Å²) >= 11 is 0. The average molecular weight is 339 g/mol. The predicted molar refractivity (Wildman–Crippen MR) is 95.3 cm³/mol. The molecule has 0 saturated heterocycles. The van der Waals surface area contributed by atoms with Gasteiger partial charge in [-0.05, 0) is 24.6 Å². The number of carbonyl (C=O) groups excluding carboxylic acids is 1. The number of hydrazone groups is 1. The monoisotopic (exact) mass is 339 g/mol. The van der Waals surface area contributed by atoms with Crippen LogP contribution in [-0.2, 0) is 4.79 Å². The molecule has 0 unspecified atom stereocenters. The van der Waals surface area contributed by atoms with Gasteiger partial charge in [-0.2, -0.15) is 5.10 Å². The van der Waals surface area contributed by atoms with Crippen molar-refractivity contribution in [2.45, 2.75) is 6.92 Å². The molecule has 2 rings (SSSR count). The molecule has 0 radical (unpaired) electrons. The van der Waals surface area contributed by atoms with Crippen LogP contribution in [0.1, 0.15) is 12.5 Å². The first kappa shape index (κ1) is 17.9. The summed E-state index contributed by atoms with van der Waals surface area (Å²) in [7, 11) is 0. The van der Waals surface area contributed by atoms with E-state index in [1.165, 1.54) is 18.2 Å². The number of allylic oxidation sites excluding steroid dienone is 1. The minimum atomic E-state index is -0.566. The van der Waals surface area contributed by atoms with E-state index in [9.17, 15) is 14.9 Å². The first-order valence-electron chi connectivity index (χ1n) is 7.49. The van der Waals surface area contributed by atoms with Crippen LogP contribution in [-0.4, -0.2) is 23.1 Å². The summed E-state index contributed by atoms with van der Waals surface area (Å²) in [6.45, 7) is 1.37. The molecular weight excluding hydrogens is 322 g/mol. The number of hydrogen-bond donors (Lipinski definition) is 1. The number of para-hydroxylation sites is 2. The molecule has 0 spiro atoms. The maximum atomic E-state index is 11.7. The number of hydrogen-bond acceptors (Lipinski definition) is 5. The third-order valence-corrected chi connectivity index (χ3v) is 3.09. The average Bonchev–Trinajstić information content (AvgIpc) is 2.64. The Bertz CT molecular complexity index is 801. The fraction of sp³-hybridized carbons (Fsp3) is 0.111. The molecule has 1 N–H and O–H groups in total. The molecule has 0 bridgehead atoms. The lowest BCUT2D eigenvalue weighted by atomic mass is 10.2. The minimum absolute atomic E-state index is 0.0346. The third-order valence-electron chi connectivity index (χ3n) is 3.09. The number of benzene rings is 2. The molecule has 1 amide bonds. The molecule has 2 aromatic rings. The van der Waals surface area contributed by atoms with E-state index in [1.54, 1.807) is 19.1 Å². The zero-order chi connectivity index (χ0) is 18.1. The van der Waals surface area contributed by atoms with Gasteiger partial charge in [0.25, 0.3) is 5.91 Å². The third kappa shape index (κ3) is 5.91. The van der Waals surface area contributed by atoms with Crippen LogP contribution in [0.15, 0.2) is 65.8 Å². The van der Waals surface area contributed by atoms with Crippen LogP contribution in [0.3, 0.4) is 0 Å². The molecule has 0 aliphatic heterocycles. The number of rotatable bonds is 7. The first-order chi connectivity index (χ1) is 12.1. The van der Waals surface area contributed by atoms with Crippen molar-refractivity contribution in [2.24, 2.45) is 5.10 Å². The Balaban J connectivity index is 1.86. The van der Waals surface area contributed by atoms with Gasteiger partial charge in [-0.3, -0.25) is 14.9 Å². The van der Waals surface area contributed by atoms with E-state index < -0.39 is 10.8 Å². The highest BCUT2D eigenvalue weighted by atomic mass is 16.6. The molecule has 0 aliphatic carbocycles. The van der Waals surface area contributed by atoms with Gasteiger partial charge in [0.05, 0.1) is 10.6 Å². The van der Waals surface area contributed by atoms with E-state index in [2.05, 4.69) is 10.5 Å². The number of ether oxygens (including phenoxy) is 1. The molecule has 0 heterocycles. The van der Waals surface area contributed by atoms with Crippen LogP contribution in [0.2, 0.25) is 0 Å². The van der Waals surface area contributed by atoms with Crippen molar-refractivity contribution in [1.29, 1.82) is 0 Å². The van der Waals surface area contributed by atoms with Crippen molar-refractivity contribution in [2.75, 3.05) is 6.61 Å². The quantitative estimate of drug-likeness (QED) is 0.476. The Labute approximate surface area is 144 Å². The smallest absolute Gasteiger partial charge is 0.310 e. The van der Waals surface area contributed by atoms with Crippen molar-refractivity contribution < 1.29 is 14.5 Å². The lowest BCUT2D eigenvalue weighted by Crippen LogP contribution is -2.25. The Morgan fingerprint density at radius 3 is 2.60 bits per heavy atom. The molecule has 7 nitrogen and oxygen atoms in total. The number of nitrogens with zero attached hydrogens (tertiary/aromatic N) is 2. The lowest BCUT2D eigenvalue weighted by molar-refractivity contribution is -0.385. The van der Waals surface area contributed by atoms with Crippen LogP contribution < -0.4 is 10.2 Å². The van der Waals surface area contributed by atoms with Gasteiger partial charge in [-0.25, -0.2) is 5.43 Å². The molecule has 2 aromatic carbocycles. The molecular formula is C18H17N3O4. The highest BCUT2D eigenvalue weighted by Crippen LogP contribution is 2.25. The standard InChI is InChI=1S/C18H17N3O4/c1-14(11-12-15-7-3-2-4-8-15)19-20-18(22)13-25-17-10-6-5-9-16(17)21(23)24/h2-12H,13H2,1H3,(H,20,22)/b12-11+,19-14+. The molecule has 7 heteroatoms. The second kappa shape index (κ2) is 8.97. The van der Waals surface area contributed by atoms with E-state index in [4.69, 9.17) is 4.74 Å². The second-order valence-corrected chi connectivity index (χ2v) is 5.05. The van der Waals surface area contributed by atoms with Crippen molar-refractivity contribution in [3.05, 3.63) is 76.4 Å². The summed E-state index contributed by atoms with van der Waals surface area (Å²) in [4.78, 5) is 22.0. The zero-order valence-electron chi connectivity index (χ0n) is 13.6. The Morgan fingerprint density at radius 1 is 1.20 bits per heavy atom. The fourth-order valence-electron chi connectivity index (χ4n) is 1.87. The van der Waals surface area contributed by atoms with Gasteiger partial charge in [0.1, 0.15) is 0 Å². The topological polar surface area (TPSA) is 93.8 Å². The largest absolute Gasteiger partial charge is 0.477 e. The van der Waals surface area contributed by atoms with E-state index in [0.29, 0.717) is 5.71 Å². The first-order valence-corrected chi connectivity index (χ1v) is 7.49. The summed E-state index contributed by atoms with van der Waals surface area (Å²) in [5, 5.41) is 14.8. The Hall–Kier alpha value is -3.48. The SMILES string of the molecule is CC(/C=C/c1ccccc1)=N\NC(=O)COc1ccccc1[N+](=O)[O-]. The van der Waals surface area contributed by atoms with Crippen molar-refractivity contribution >= 4 is 23.4 Å². The van der Waals surface area contributed by atoms with Crippen molar-refractivity contribution in [1.82, 2.24) is 5.43 Å². The van der Waals surface area contributed by atoms with Gasteiger partial charge in [0.15, 0.2) is 12.4 Å². The van der Waals surface area contributed by atoms with Gasteiger partial charge >= 0.3 is 5.69 Å². The summed E-state index contributed by atoms with van der Waals surface area (Å²) in [6, 6.07) is 15.5. The van der Waals surface area contributed by atoms with Crippen LogP contribution >= 0.6 is 0 Å². The molecule has 128 valence electrons. The number of carbonyl (C=O) groups is 1. The molecule has 0 aliphatic rings. The van der Waals surface area contributed by atoms with Crippen LogP contribution in [0, 0.1) is 10.1 Å². The van der Waals surface area contributed by atoms with E-state index in [0.717, 1.165) is 5.56 Å². The molecule has 0 saturated carbocycles. The van der Waals surface area contributed by atoms with Crippen LogP contribution in [0.25, 0.3) is 6.08 Å². The number of nitro benzene ring substituents is 1. The molecule has 0 fully saturated rings. The minimum Gasteiger partial charge on any atom is -0.477 e. The van der Waals surface area contributed by atoms with Gasteiger partial charge in [-0.15, -0.1) is 0 Å². The summed E-state index contributed by atoms with van der Waals surface area (Å²) in [6.07, 6.45) is 3.63. The summed E-state index contributed by atoms with van der Waals surface area (Å²) in [5.74, 6) is -0.474. The molecule has 0 aromatic heterocycles. The highest BCUT2D eigenvalue weighted by Gasteiger charge is 2.14. The van der Waals surface area contributed by atoms with E-state index in [-0.39, 0.29) is 18.0 Å². The van der Waals surface area contributed by atoms with Gasteiger partial charge in [-0.1, -0.05) is 48.5 Å². The fourth-order valence-corrected chi connectivity index (χ4v) is 1.87. The van der Waals surface area contributed by atoms with E-state index >= 15 is 0 Å². The van der Waals surface area contributed by atoms with Crippen molar-refractivity contribution in [3.63, 3.8) is 0 Å². The lowest BCUT2D eigenvalue weighted by Gasteiger charge is -2.05. The number of amides is 1. The molecule has 0 atom stereocenters. The van der Waals surface area contributed by atoms with Crippen molar-refractivity contribution in [3.8, 4) is 5.75 Å². The van der Waals surface area contributed by atoms with Gasteiger partial charge < -0.3 is 4.74 Å². The zero-order valence-corrected chi connectivity index (χ0v) is 13.6. The Morgan fingerprint density at radius 2 is 1.88 bits per heavy atom. The maximum absolute atomic E-state index is 11.7. The van der Waals surface area contributed by atoms with Gasteiger partial charge in [0, 0.05) is 6.07 Å². The number of nitro groups is 1. The highest BCUT2D eigenvalue weighted by molar-refractivity contribution is 5.97. The predicted octanol–water partition coefficient (Wildman–Crippen LogP) is 3.18. The Kier molecular flexibility index (Phi) is 6.41. The van der Waals surface area contributed by atoms with E-state index in [1.807, 2.05) is 36.4 Å². The number of nitrogens with one attached hydrogen (secondary N) is 1. The van der Waals surface area contributed by atoms with Crippen LogP contribution in [0.4, 0.5) is 5.69 Å². The normalized spacial score (nSPS) is 11.3.